The molecule has 1 unspecified atom stereocenters. The Morgan fingerprint density at radius 3 is 2.76 bits per heavy atom. The van der Waals surface area contributed by atoms with Crippen LogP contribution in [0.3, 0.4) is 0 Å². The van der Waals surface area contributed by atoms with Crippen molar-refractivity contribution in [3.05, 3.63) is 54.2 Å². The van der Waals surface area contributed by atoms with E-state index in [1.807, 2.05) is 17.5 Å². The largest absolute Gasteiger partial charge is 0.271 e. The summed E-state index contributed by atoms with van der Waals surface area (Å²) in [5.74, 6) is 5.68. The quantitative estimate of drug-likeness (QED) is 0.483. The van der Waals surface area contributed by atoms with Crippen molar-refractivity contribution in [3.63, 3.8) is 0 Å². The molecule has 5 heteroatoms. The van der Waals surface area contributed by atoms with E-state index in [0.717, 1.165) is 15.5 Å². The first kappa shape index (κ1) is 13.3. The van der Waals surface area contributed by atoms with Crippen LogP contribution in [0.1, 0.15) is 22.0 Å². The second kappa shape index (κ2) is 5.67. The Bertz CT molecular complexity index is 527. The molecule has 2 aromatic rings. The number of thiophene rings is 1. The predicted octanol–water partition coefficient (Wildman–Crippen LogP) is 3.87. The van der Waals surface area contributed by atoms with Gasteiger partial charge in [-0.15, -0.1) is 11.3 Å². The number of halogens is 2. The molecule has 1 aromatic heterocycles. The number of benzene rings is 1. The van der Waals surface area contributed by atoms with E-state index in [-0.39, 0.29) is 6.04 Å². The third-order valence-corrected chi connectivity index (χ3v) is 5.50. The van der Waals surface area contributed by atoms with Gasteiger partial charge in [0.25, 0.3) is 0 Å². The summed E-state index contributed by atoms with van der Waals surface area (Å²) in [4.78, 5) is 1.05. The fraction of sp³-hybridized carbons (Fsp3) is 0.167. The standard InChI is InChI=1S/C12H12ClIN2S/c1-7-3-2-4-8(10(7)14)11(16-15)12-9(13)5-6-17-12/h2-6,11,16H,15H2,1H3. The van der Waals surface area contributed by atoms with Gasteiger partial charge >= 0.3 is 0 Å². The number of hydrogen-bond acceptors (Lipinski definition) is 3. The van der Waals surface area contributed by atoms with Crippen molar-refractivity contribution >= 4 is 45.5 Å². The fourth-order valence-electron chi connectivity index (χ4n) is 1.71. The average Bonchev–Trinajstić information content (AvgIpc) is 2.72. The smallest absolute Gasteiger partial charge is 0.0827 e. The van der Waals surface area contributed by atoms with Crippen molar-refractivity contribution in [1.82, 2.24) is 5.43 Å². The highest BCUT2D eigenvalue weighted by Crippen LogP contribution is 2.34. The van der Waals surface area contributed by atoms with Crippen LogP contribution < -0.4 is 11.3 Å². The topological polar surface area (TPSA) is 38.0 Å². The molecule has 0 radical (unpaired) electrons. The van der Waals surface area contributed by atoms with E-state index >= 15 is 0 Å². The lowest BCUT2D eigenvalue weighted by Crippen LogP contribution is -2.29. The van der Waals surface area contributed by atoms with Crippen LogP contribution in [0.15, 0.2) is 29.6 Å². The highest BCUT2D eigenvalue weighted by Gasteiger charge is 2.19. The molecule has 0 bridgehead atoms. The molecule has 17 heavy (non-hydrogen) atoms. The monoisotopic (exact) mass is 378 g/mol. The van der Waals surface area contributed by atoms with Crippen LogP contribution in [0, 0.1) is 10.5 Å². The SMILES string of the molecule is Cc1cccc(C(NN)c2sccc2Cl)c1I. The lowest BCUT2D eigenvalue weighted by molar-refractivity contribution is 0.643. The minimum atomic E-state index is -0.0469. The highest BCUT2D eigenvalue weighted by atomic mass is 127. The van der Waals surface area contributed by atoms with Gasteiger partial charge in [-0.3, -0.25) is 5.84 Å². The van der Waals surface area contributed by atoms with E-state index in [2.05, 4.69) is 47.1 Å². The molecule has 90 valence electrons. The maximum Gasteiger partial charge on any atom is 0.0827 e. The Labute approximate surface area is 123 Å². The zero-order valence-electron chi connectivity index (χ0n) is 9.21. The van der Waals surface area contributed by atoms with Crippen molar-refractivity contribution in [3.8, 4) is 0 Å². The number of nitrogens with two attached hydrogens (primary N) is 1. The maximum absolute atomic E-state index is 6.17. The van der Waals surface area contributed by atoms with Gasteiger partial charge in [0, 0.05) is 8.45 Å². The van der Waals surface area contributed by atoms with Gasteiger partial charge < -0.3 is 0 Å². The van der Waals surface area contributed by atoms with Crippen molar-refractivity contribution in [2.45, 2.75) is 13.0 Å². The van der Waals surface area contributed by atoms with E-state index in [9.17, 15) is 0 Å². The van der Waals surface area contributed by atoms with Gasteiger partial charge in [0.05, 0.1) is 11.1 Å². The Morgan fingerprint density at radius 1 is 1.41 bits per heavy atom. The maximum atomic E-state index is 6.17. The molecule has 0 aliphatic heterocycles. The third-order valence-electron chi connectivity index (χ3n) is 2.61. The molecule has 1 aromatic carbocycles. The van der Waals surface area contributed by atoms with Gasteiger partial charge in [-0.2, -0.15) is 0 Å². The molecular formula is C12H12ClIN2S. The van der Waals surface area contributed by atoms with Gasteiger partial charge in [0.1, 0.15) is 0 Å². The van der Waals surface area contributed by atoms with Crippen molar-refractivity contribution in [1.29, 1.82) is 0 Å². The summed E-state index contributed by atoms with van der Waals surface area (Å²) in [6.07, 6.45) is 0. The summed E-state index contributed by atoms with van der Waals surface area (Å²) in [6, 6.07) is 8.06. The summed E-state index contributed by atoms with van der Waals surface area (Å²) in [7, 11) is 0. The summed E-state index contributed by atoms with van der Waals surface area (Å²) >= 11 is 10.1. The molecule has 2 nitrogen and oxygen atoms in total. The summed E-state index contributed by atoms with van der Waals surface area (Å²) in [6.45, 7) is 2.09. The fourth-order valence-corrected chi connectivity index (χ4v) is 3.63. The van der Waals surface area contributed by atoms with Crippen LogP contribution in [0.25, 0.3) is 0 Å². The van der Waals surface area contributed by atoms with Crippen LogP contribution in [0.5, 0.6) is 0 Å². The minimum absolute atomic E-state index is 0.0469. The highest BCUT2D eigenvalue weighted by molar-refractivity contribution is 14.1. The summed E-state index contributed by atoms with van der Waals surface area (Å²) < 4.78 is 1.22. The van der Waals surface area contributed by atoms with Gasteiger partial charge in [0.2, 0.25) is 0 Å². The molecule has 0 aliphatic rings. The number of hydrazine groups is 1. The van der Waals surface area contributed by atoms with E-state index < -0.39 is 0 Å². The zero-order valence-corrected chi connectivity index (χ0v) is 12.9. The molecule has 1 heterocycles. The average molecular weight is 379 g/mol. The molecule has 0 saturated heterocycles. The van der Waals surface area contributed by atoms with Crippen LogP contribution in [0.2, 0.25) is 5.02 Å². The second-order valence-corrected chi connectivity index (χ2v) is 6.14. The number of aryl methyl sites for hydroxylation is 1. The van der Waals surface area contributed by atoms with Gasteiger partial charge in [-0.05, 0) is 52.1 Å². The molecule has 1 atom stereocenters. The number of hydrogen-bond donors (Lipinski definition) is 2. The zero-order chi connectivity index (χ0) is 12.4. The molecule has 0 aliphatic carbocycles. The minimum Gasteiger partial charge on any atom is -0.271 e. The predicted molar refractivity (Wildman–Crippen MR) is 82.4 cm³/mol. The van der Waals surface area contributed by atoms with Gasteiger partial charge in [-0.1, -0.05) is 29.8 Å². The molecule has 3 N–H and O–H groups in total. The molecule has 0 amide bonds. The van der Waals surface area contributed by atoms with Crippen LogP contribution >= 0.6 is 45.5 Å². The summed E-state index contributed by atoms with van der Waals surface area (Å²) in [5, 5.41) is 2.74. The first-order chi connectivity index (χ1) is 8.15. The van der Waals surface area contributed by atoms with E-state index in [0.29, 0.717) is 0 Å². The summed E-state index contributed by atoms with van der Waals surface area (Å²) in [5.41, 5.74) is 5.26. The molecule has 0 fully saturated rings. The lowest BCUT2D eigenvalue weighted by atomic mass is 10.0. The number of rotatable bonds is 3. The molecule has 2 rings (SSSR count). The van der Waals surface area contributed by atoms with Gasteiger partial charge in [-0.25, -0.2) is 5.43 Å². The van der Waals surface area contributed by atoms with E-state index in [1.165, 1.54) is 9.13 Å². The first-order valence-corrected chi connectivity index (χ1v) is 7.42. The Hall–Kier alpha value is -0.140. The van der Waals surface area contributed by atoms with Crippen LogP contribution in [-0.4, -0.2) is 0 Å². The first-order valence-electron chi connectivity index (χ1n) is 5.09. The molecule has 0 spiro atoms. The van der Waals surface area contributed by atoms with Crippen molar-refractivity contribution in [2.24, 2.45) is 5.84 Å². The van der Waals surface area contributed by atoms with E-state index in [1.54, 1.807) is 11.3 Å². The van der Waals surface area contributed by atoms with Crippen LogP contribution in [0.4, 0.5) is 0 Å². The molecule has 0 saturated carbocycles. The van der Waals surface area contributed by atoms with E-state index in [4.69, 9.17) is 17.4 Å². The Balaban J connectivity index is 2.50. The lowest BCUT2D eigenvalue weighted by Gasteiger charge is -2.18. The third kappa shape index (κ3) is 2.66. The Morgan fingerprint density at radius 2 is 2.18 bits per heavy atom. The molecular weight excluding hydrogens is 367 g/mol. The second-order valence-electron chi connectivity index (χ2n) is 3.71. The normalized spacial score (nSPS) is 12.7. The van der Waals surface area contributed by atoms with Crippen molar-refractivity contribution in [2.75, 3.05) is 0 Å². The Kier molecular flexibility index (Phi) is 4.43. The van der Waals surface area contributed by atoms with Crippen LogP contribution in [-0.2, 0) is 0 Å². The van der Waals surface area contributed by atoms with Crippen molar-refractivity contribution < 1.29 is 0 Å². The number of nitrogens with one attached hydrogen (secondary N) is 1. The van der Waals surface area contributed by atoms with Gasteiger partial charge in [0.15, 0.2) is 0 Å².